The van der Waals surface area contributed by atoms with Gasteiger partial charge in [0.15, 0.2) is 0 Å². The van der Waals surface area contributed by atoms with E-state index in [4.69, 9.17) is 4.74 Å². The highest BCUT2D eigenvalue weighted by atomic mass is 16.5. The summed E-state index contributed by atoms with van der Waals surface area (Å²) >= 11 is 0. The first-order chi connectivity index (χ1) is 14.9. The van der Waals surface area contributed by atoms with Crippen molar-refractivity contribution in [2.45, 2.75) is 58.3 Å². The molecule has 6 nitrogen and oxygen atoms in total. The number of benzene rings is 2. The van der Waals surface area contributed by atoms with Gasteiger partial charge >= 0.3 is 6.03 Å². The number of carbonyl (C=O) groups excluding carboxylic acids is 2. The second-order valence-electron chi connectivity index (χ2n) is 10.1. The Balaban J connectivity index is 1.91. The van der Waals surface area contributed by atoms with Gasteiger partial charge in [0.2, 0.25) is 0 Å². The number of phenolic OH excluding ortho intramolecular Hbond substituents is 1. The minimum atomic E-state index is -0.579. The van der Waals surface area contributed by atoms with Gasteiger partial charge in [-0.2, -0.15) is 0 Å². The smallest absolute Gasteiger partial charge is 0.326 e. The summed E-state index contributed by atoms with van der Waals surface area (Å²) in [5.74, 6) is -0.0229. The van der Waals surface area contributed by atoms with Gasteiger partial charge in [0.25, 0.3) is 5.91 Å². The molecule has 2 aromatic carbocycles. The number of fused-ring (bicyclic) bond motifs is 1. The van der Waals surface area contributed by atoms with Gasteiger partial charge in [-0.15, -0.1) is 0 Å². The maximum Gasteiger partial charge on any atom is 0.326 e. The molecule has 0 aromatic heterocycles. The number of hydrogen-bond donors (Lipinski definition) is 3. The molecule has 2 aromatic rings. The van der Waals surface area contributed by atoms with Crippen LogP contribution in [-0.2, 0) is 15.6 Å². The van der Waals surface area contributed by atoms with Crippen LogP contribution in [0.15, 0.2) is 30.0 Å². The van der Waals surface area contributed by atoms with Gasteiger partial charge in [0.05, 0.1) is 7.11 Å². The number of ether oxygens (including phenoxy) is 1. The van der Waals surface area contributed by atoms with Gasteiger partial charge in [-0.25, -0.2) is 4.79 Å². The monoisotopic (exact) mass is 434 g/mol. The maximum atomic E-state index is 12.0. The van der Waals surface area contributed by atoms with E-state index in [2.05, 4.69) is 57.4 Å². The van der Waals surface area contributed by atoms with Crippen molar-refractivity contribution in [1.29, 1.82) is 0 Å². The first kappa shape index (κ1) is 21.9. The number of amides is 3. The van der Waals surface area contributed by atoms with E-state index in [0.717, 1.165) is 29.5 Å². The first-order valence-electron chi connectivity index (χ1n) is 10.8. The zero-order chi connectivity index (χ0) is 23.4. The van der Waals surface area contributed by atoms with E-state index < -0.39 is 11.9 Å². The molecule has 4 rings (SSSR count). The third-order valence-electron chi connectivity index (χ3n) is 6.86. The summed E-state index contributed by atoms with van der Waals surface area (Å²) < 4.78 is 5.61. The number of imide groups is 1. The lowest BCUT2D eigenvalue weighted by molar-refractivity contribution is -0.115. The molecule has 0 spiro atoms. The fourth-order valence-electron chi connectivity index (χ4n) is 4.73. The van der Waals surface area contributed by atoms with Gasteiger partial charge in [0, 0.05) is 17.2 Å². The topological polar surface area (TPSA) is 87.7 Å². The molecule has 1 fully saturated rings. The lowest BCUT2D eigenvalue weighted by atomic mass is 9.62. The molecule has 3 N–H and O–H groups in total. The standard InChI is InChI=1S/C26H30N2O4/c1-14-9-18-19(26(4,5)8-7-25(18,2)3)12-16(14)17-10-15(21(29)13-22(17)32-6)11-20-23(30)28-24(31)27-20/h9-13,29H,7-8H2,1-6H3,(H2,27,28,30,31)/b20-11-. The maximum absolute atomic E-state index is 12.0. The third-order valence-corrected chi connectivity index (χ3v) is 6.86. The van der Waals surface area contributed by atoms with E-state index >= 15 is 0 Å². The molecule has 0 radical (unpaired) electrons. The summed E-state index contributed by atoms with van der Waals surface area (Å²) in [6.45, 7) is 11.2. The van der Waals surface area contributed by atoms with Crippen LogP contribution in [0.2, 0.25) is 0 Å². The Morgan fingerprint density at radius 2 is 1.56 bits per heavy atom. The van der Waals surface area contributed by atoms with Gasteiger partial charge in [-0.05, 0) is 71.1 Å². The second-order valence-corrected chi connectivity index (χ2v) is 10.1. The Labute approximate surface area is 188 Å². The number of hydrogen-bond acceptors (Lipinski definition) is 4. The molecule has 0 saturated carbocycles. The lowest BCUT2D eigenvalue weighted by Crippen LogP contribution is -2.34. The summed E-state index contributed by atoms with van der Waals surface area (Å²) in [6.07, 6.45) is 3.72. The summed E-state index contributed by atoms with van der Waals surface area (Å²) in [6, 6.07) is 7.30. The molecule has 2 aliphatic rings. The van der Waals surface area contributed by atoms with Crippen LogP contribution >= 0.6 is 0 Å². The van der Waals surface area contributed by atoms with Crippen molar-refractivity contribution >= 4 is 18.0 Å². The largest absolute Gasteiger partial charge is 0.507 e. The molecule has 0 bridgehead atoms. The highest BCUT2D eigenvalue weighted by Crippen LogP contribution is 2.48. The van der Waals surface area contributed by atoms with Crippen molar-refractivity contribution < 1.29 is 19.4 Å². The van der Waals surface area contributed by atoms with Crippen molar-refractivity contribution in [2.75, 3.05) is 7.11 Å². The number of phenols is 1. The zero-order valence-corrected chi connectivity index (χ0v) is 19.5. The minimum Gasteiger partial charge on any atom is -0.507 e. The van der Waals surface area contributed by atoms with Crippen LogP contribution in [0.4, 0.5) is 4.79 Å². The summed E-state index contributed by atoms with van der Waals surface area (Å²) in [4.78, 5) is 23.4. The van der Waals surface area contributed by atoms with Gasteiger partial charge in [-0.1, -0.05) is 33.8 Å². The molecule has 0 unspecified atom stereocenters. The van der Waals surface area contributed by atoms with Crippen molar-refractivity contribution in [3.63, 3.8) is 0 Å². The quantitative estimate of drug-likeness (QED) is 0.473. The number of carbonyl (C=O) groups is 2. The highest BCUT2D eigenvalue weighted by Gasteiger charge is 2.37. The average molecular weight is 435 g/mol. The number of urea groups is 1. The number of aromatic hydroxyl groups is 1. The van der Waals surface area contributed by atoms with Crippen LogP contribution in [0.5, 0.6) is 11.5 Å². The summed E-state index contributed by atoms with van der Waals surface area (Å²) in [5, 5.41) is 15.2. The molecule has 0 atom stereocenters. The Morgan fingerprint density at radius 3 is 2.12 bits per heavy atom. The summed E-state index contributed by atoms with van der Waals surface area (Å²) in [5.41, 5.74) is 6.32. The van der Waals surface area contributed by atoms with Crippen LogP contribution in [0.1, 0.15) is 62.8 Å². The molecule has 3 amide bonds. The molecule has 32 heavy (non-hydrogen) atoms. The molecule has 1 aliphatic heterocycles. The van der Waals surface area contributed by atoms with Crippen LogP contribution in [0.3, 0.4) is 0 Å². The Bertz CT molecular complexity index is 1170. The first-order valence-corrected chi connectivity index (χ1v) is 10.8. The van der Waals surface area contributed by atoms with Crippen molar-refractivity contribution in [3.8, 4) is 22.6 Å². The van der Waals surface area contributed by atoms with Crippen LogP contribution in [-0.4, -0.2) is 24.2 Å². The average Bonchev–Trinajstić information content (AvgIpc) is 3.03. The molecular weight excluding hydrogens is 404 g/mol. The SMILES string of the molecule is COc1cc(O)c(/C=C2\NC(=O)NC2=O)cc1-c1cc2c(cc1C)C(C)(C)CCC2(C)C. The van der Waals surface area contributed by atoms with Crippen LogP contribution < -0.4 is 15.4 Å². The Morgan fingerprint density at radius 1 is 0.938 bits per heavy atom. The van der Waals surface area contributed by atoms with Crippen LogP contribution in [0, 0.1) is 6.92 Å². The zero-order valence-electron chi connectivity index (χ0n) is 19.5. The predicted octanol–water partition coefficient (Wildman–Crippen LogP) is 4.91. The third kappa shape index (κ3) is 3.64. The molecule has 1 heterocycles. The molecular formula is C26H30N2O4. The van der Waals surface area contributed by atoms with Gasteiger partial charge in [0.1, 0.15) is 17.2 Å². The van der Waals surface area contributed by atoms with E-state index in [-0.39, 0.29) is 22.3 Å². The number of nitrogens with one attached hydrogen (secondary N) is 2. The van der Waals surface area contributed by atoms with E-state index in [1.165, 1.54) is 17.2 Å². The Hall–Kier alpha value is -3.28. The normalized spacial score (nSPS) is 20.0. The molecule has 1 aliphatic carbocycles. The van der Waals surface area contributed by atoms with Crippen molar-refractivity contribution in [3.05, 3.63) is 52.2 Å². The van der Waals surface area contributed by atoms with E-state index in [1.807, 2.05) is 0 Å². The molecule has 168 valence electrons. The van der Waals surface area contributed by atoms with Crippen LogP contribution in [0.25, 0.3) is 17.2 Å². The second kappa shape index (κ2) is 7.40. The van der Waals surface area contributed by atoms with E-state index in [9.17, 15) is 14.7 Å². The highest BCUT2D eigenvalue weighted by molar-refractivity contribution is 6.14. The van der Waals surface area contributed by atoms with E-state index in [0.29, 0.717) is 11.3 Å². The number of rotatable bonds is 3. The van der Waals surface area contributed by atoms with Gasteiger partial charge in [-0.3, -0.25) is 10.1 Å². The molecule has 1 saturated heterocycles. The lowest BCUT2D eigenvalue weighted by Gasteiger charge is -2.42. The van der Waals surface area contributed by atoms with Gasteiger partial charge < -0.3 is 15.2 Å². The van der Waals surface area contributed by atoms with E-state index in [1.54, 1.807) is 19.2 Å². The summed E-state index contributed by atoms with van der Waals surface area (Å²) in [7, 11) is 1.57. The number of aryl methyl sites for hydroxylation is 1. The minimum absolute atomic E-state index is 0.0378. The molecule has 6 heteroatoms. The number of methoxy groups -OCH3 is 1. The van der Waals surface area contributed by atoms with Crippen molar-refractivity contribution in [2.24, 2.45) is 0 Å². The fourth-order valence-corrected chi connectivity index (χ4v) is 4.73. The Kier molecular flexibility index (Phi) is 5.07. The van der Waals surface area contributed by atoms with Crippen molar-refractivity contribution in [1.82, 2.24) is 10.6 Å². The fraction of sp³-hybridized carbons (Fsp3) is 0.385. The predicted molar refractivity (Wildman–Crippen MR) is 125 cm³/mol.